The van der Waals surface area contributed by atoms with Crippen LogP contribution in [0.5, 0.6) is 0 Å². The Kier molecular flexibility index (Phi) is 2.43. The van der Waals surface area contributed by atoms with E-state index in [9.17, 15) is 13.2 Å². The van der Waals surface area contributed by atoms with Gasteiger partial charge in [-0.05, 0) is 12.1 Å². The average Bonchev–Trinajstić information content (AvgIpc) is 2.64. The van der Waals surface area contributed by atoms with Gasteiger partial charge in [-0.1, -0.05) is 12.1 Å². The molecule has 0 unspecified atom stereocenters. The molecule has 2 rings (SSSR count). The maximum absolute atomic E-state index is 11.2. The molecule has 0 fully saturated rings. The summed E-state index contributed by atoms with van der Waals surface area (Å²) < 4.78 is 27.0. The molecule has 1 N–H and O–H groups in total. The quantitative estimate of drug-likeness (QED) is 0.849. The van der Waals surface area contributed by atoms with Gasteiger partial charge in [0.2, 0.25) is 0 Å². The number of benzene rings is 1. The molecule has 84 valence electrons. The van der Waals surface area contributed by atoms with Crippen molar-refractivity contribution in [3.05, 3.63) is 41.1 Å². The second-order valence-corrected chi connectivity index (χ2v) is 5.37. The van der Waals surface area contributed by atoms with E-state index >= 15 is 0 Å². The highest BCUT2D eigenvalue weighted by atomic mass is 32.2. The van der Waals surface area contributed by atoms with Gasteiger partial charge >= 0.3 is 5.76 Å². The Morgan fingerprint density at radius 3 is 2.25 bits per heavy atom. The molecular formula is C10H9NO4S. The van der Waals surface area contributed by atoms with Crippen LogP contribution in [0, 0.1) is 0 Å². The van der Waals surface area contributed by atoms with Crippen LogP contribution in [0.3, 0.4) is 0 Å². The predicted molar refractivity (Wildman–Crippen MR) is 57.9 cm³/mol. The van der Waals surface area contributed by atoms with Gasteiger partial charge in [-0.15, -0.1) is 0 Å². The number of nitrogens with one attached hydrogen (secondary N) is 1. The molecule has 1 aromatic carbocycles. The first-order chi connectivity index (χ1) is 7.47. The number of oxazole rings is 1. The Balaban J connectivity index is 2.44. The number of hydrogen-bond donors (Lipinski definition) is 1. The van der Waals surface area contributed by atoms with Crippen LogP contribution in [0.15, 0.2) is 44.6 Å². The summed E-state index contributed by atoms with van der Waals surface area (Å²) in [5, 5.41) is 0. The van der Waals surface area contributed by atoms with Gasteiger partial charge in [0, 0.05) is 11.8 Å². The van der Waals surface area contributed by atoms with Crippen molar-refractivity contribution in [2.24, 2.45) is 0 Å². The lowest BCUT2D eigenvalue weighted by Gasteiger charge is -1.99. The van der Waals surface area contributed by atoms with Gasteiger partial charge in [-0.2, -0.15) is 0 Å². The van der Waals surface area contributed by atoms with Gasteiger partial charge in [0.05, 0.1) is 10.6 Å². The van der Waals surface area contributed by atoms with E-state index in [2.05, 4.69) is 9.40 Å². The Bertz CT molecular complexity index is 649. The summed E-state index contributed by atoms with van der Waals surface area (Å²) in [5.74, 6) is -0.540. The van der Waals surface area contributed by atoms with Crippen LogP contribution in [-0.2, 0) is 9.84 Å². The molecule has 0 aliphatic carbocycles. The summed E-state index contributed by atoms with van der Waals surface area (Å²) in [4.78, 5) is 13.5. The molecule has 6 heteroatoms. The molecule has 0 spiro atoms. The van der Waals surface area contributed by atoms with Gasteiger partial charge < -0.3 is 4.42 Å². The van der Waals surface area contributed by atoms with E-state index < -0.39 is 15.6 Å². The standard InChI is InChI=1S/C10H9NO4S/c1-16(13,14)8-4-2-7(3-5-8)9-6-15-10(12)11-9/h2-6H,1H3,(H,11,12). The summed E-state index contributed by atoms with van der Waals surface area (Å²) in [5.41, 5.74) is 1.21. The number of H-pyrrole nitrogens is 1. The molecule has 0 amide bonds. The Morgan fingerprint density at radius 1 is 1.19 bits per heavy atom. The molecular weight excluding hydrogens is 230 g/mol. The summed E-state index contributed by atoms with van der Waals surface area (Å²) in [6.45, 7) is 0. The van der Waals surface area contributed by atoms with Gasteiger partial charge in [0.15, 0.2) is 9.84 Å². The molecule has 0 atom stereocenters. The Morgan fingerprint density at radius 2 is 1.81 bits per heavy atom. The van der Waals surface area contributed by atoms with E-state index in [0.717, 1.165) is 6.26 Å². The highest BCUT2D eigenvalue weighted by Gasteiger charge is 2.07. The molecule has 5 nitrogen and oxygen atoms in total. The molecule has 0 saturated heterocycles. The minimum absolute atomic E-state index is 0.238. The highest BCUT2D eigenvalue weighted by Crippen LogP contribution is 2.18. The maximum atomic E-state index is 11.2. The van der Waals surface area contributed by atoms with Crippen LogP contribution in [0.1, 0.15) is 0 Å². The van der Waals surface area contributed by atoms with Crippen molar-refractivity contribution in [2.75, 3.05) is 6.26 Å². The SMILES string of the molecule is CS(=O)(=O)c1ccc(-c2coc(=O)[nH]2)cc1. The predicted octanol–water partition coefficient (Wildman–Crippen LogP) is 1.04. The zero-order valence-corrected chi connectivity index (χ0v) is 9.24. The van der Waals surface area contributed by atoms with Crippen LogP contribution in [0.2, 0.25) is 0 Å². The van der Waals surface area contributed by atoms with E-state index in [1.807, 2.05) is 0 Å². The van der Waals surface area contributed by atoms with Gasteiger partial charge in [-0.25, -0.2) is 13.2 Å². The number of aromatic amines is 1. The van der Waals surface area contributed by atoms with Crippen molar-refractivity contribution in [1.82, 2.24) is 4.98 Å². The normalized spacial score (nSPS) is 11.6. The fraction of sp³-hybridized carbons (Fsp3) is 0.100. The van der Waals surface area contributed by atoms with Gasteiger partial charge in [0.1, 0.15) is 6.26 Å². The lowest BCUT2D eigenvalue weighted by atomic mass is 10.2. The van der Waals surface area contributed by atoms with E-state index in [1.165, 1.54) is 18.4 Å². The van der Waals surface area contributed by atoms with E-state index in [0.29, 0.717) is 11.3 Å². The van der Waals surface area contributed by atoms with Crippen LogP contribution in [0.25, 0.3) is 11.3 Å². The van der Waals surface area contributed by atoms with Crippen molar-refractivity contribution in [1.29, 1.82) is 0 Å². The zero-order valence-electron chi connectivity index (χ0n) is 8.43. The molecule has 2 aromatic rings. The fourth-order valence-corrected chi connectivity index (χ4v) is 1.93. The number of rotatable bonds is 2. The zero-order chi connectivity index (χ0) is 11.8. The lowest BCUT2D eigenvalue weighted by molar-refractivity contribution is 0.515. The van der Waals surface area contributed by atoms with E-state index in [-0.39, 0.29) is 4.90 Å². The van der Waals surface area contributed by atoms with Crippen LogP contribution < -0.4 is 5.76 Å². The first kappa shape index (κ1) is 10.7. The second kappa shape index (κ2) is 3.64. The Labute approximate surface area is 91.7 Å². The van der Waals surface area contributed by atoms with E-state index in [4.69, 9.17) is 0 Å². The largest absolute Gasteiger partial charge is 0.416 e. The average molecular weight is 239 g/mol. The van der Waals surface area contributed by atoms with Crippen LogP contribution >= 0.6 is 0 Å². The highest BCUT2D eigenvalue weighted by molar-refractivity contribution is 7.90. The third-order valence-electron chi connectivity index (χ3n) is 2.11. The van der Waals surface area contributed by atoms with Crippen molar-refractivity contribution in [3.63, 3.8) is 0 Å². The maximum Gasteiger partial charge on any atom is 0.416 e. The fourth-order valence-electron chi connectivity index (χ4n) is 1.30. The first-order valence-corrected chi connectivity index (χ1v) is 6.34. The number of sulfone groups is 1. The molecule has 0 radical (unpaired) electrons. The Hall–Kier alpha value is -1.82. The van der Waals surface area contributed by atoms with Crippen molar-refractivity contribution in [3.8, 4) is 11.3 Å². The number of aromatic nitrogens is 1. The minimum Gasteiger partial charge on any atom is -0.416 e. The van der Waals surface area contributed by atoms with E-state index in [1.54, 1.807) is 12.1 Å². The molecule has 0 saturated carbocycles. The van der Waals surface area contributed by atoms with Crippen LogP contribution in [-0.4, -0.2) is 19.7 Å². The number of hydrogen-bond acceptors (Lipinski definition) is 4. The van der Waals surface area contributed by atoms with Crippen molar-refractivity contribution in [2.45, 2.75) is 4.90 Å². The summed E-state index contributed by atoms with van der Waals surface area (Å²) in [7, 11) is -3.19. The topological polar surface area (TPSA) is 80.1 Å². The lowest BCUT2D eigenvalue weighted by Crippen LogP contribution is -1.97. The summed E-state index contributed by atoms with van der Waals surface area (Å²) in [6, 6.07) is 6.18. The molecule has 1 aromatic heterocycles. The second-order valence-electron chi connectivity index (χ2n) is 3.36. The van der Waals surface area contributed by atoms with Crippen molar-refractivity contribution < 1.29 is 12.8 Å². The molecule has 0 bridgehead atoms. The molecule has 1 heterocycles. The third-order valence-corrected chi connectivity index (χ3v) is 3.24. The summed E-state index contributed by atoms with van der Waals surface area (Å²) in [6.07, 6.45) is 2.43. The smallest absolute Gasteiger partial charge is 0.416 e. The molecule has 16 heavy (non-hydrogen) atoms. The molecule has 0 aliphatic rings. The van der Waals surface area contributed by atoms with Gasteiger partial charge in [0.25, 0.3) is 0 Å². The van der Waals surface area contributed by atoms with Gasteiger partial charge in [-0.3, -0.25) is 4.98 Å². The monoisotopic (exact) mass is 239 g/mol. The molecule has 0 aliphatic heterocycles. The summed E-state index contributed by atoms with van der Waals surface area (Å²) >= 11 is 0. The van der Waals surface area contributed by atoms with Crippen LogP contribution in [0.4, 0.5) is 0 Å². The van der Waals surface area contributed by atoms with Crippen molar-refractivity contribution >= 4 is 9.84 Å². The third kappa shape index (κ3) is 2.06. The first-order valence-electron chi connectivity index (χ1n) is 4.45. The minimum atomic E-state index is -3.19.